The smallest absolute Gasteiger partial charge is 0.318 e. The molecule has 1 aliphatic rings. The molecule has 1 fully saturated rings. The number of aliphatic carboxylic acids is 1. The molecule has 13 heavy (non-hydrogen) atoms. The van der Waals surface area contributed by atoms with Crippen LogP contribution in [-0.2, 0) is 15.0 Å². The monoisotopic (exact) mass is 180 g/mol. The van der Waals surface area contributed by atoms with Gasteiger partial charge in [0.05, 0.1) is 6.26 Å². The van der Waals surface area contributed by atoms with E-state index < -0.39 is 11.4 Å². The molecular weight excluding hydrogens is 172 g/mol. The van der Waals surface area contributed by atoms with Crippen LogP contribution in [0, 0.1) is 0 Å². The van der Waals surface area contributed by atoms with Gasteiger partial charge in [-0.05, 0) is 12.1 Å². The Labute approximate surface area is 74.2 Å². The molecule has 2 rings (SSSR count). The van der Waals surface area contributed by atoms with E-state index in [1.807, 2.05) is 0 Å². The third-order valence-corrected chi connectivity index (χ3v) is 2.40. The summed E-state index contributed by atoms with van der Waals surface area (Å²) in [5, 5.41) is 8.96. The zero-order valence-corrected chi connectivity index (χ0v) is 6.82. The molecule has 0 aliphatic heterocycles. The predicted molar refractivity (Wildman–Crippen MR) is 42.3 cm³/mol. The van der Waals surface area contributed by atoms with Gasteiger partial charge >= 0.3 is 5.97 Å². The molecule has 1 aromatic rings. The summed E-state index contributed by atoms with van der Waals surface area (Å²) in [5.74, 6) is -0.638. The molecule has 0 radical (unpaired) electrons. The van der Waals surface area contributed by atoms with E-state index >= 15 is 0 Å². The van der Waals surface area contributed by atoms with Gasteiger partial charge in [0.25, 0.3) is 0 Å². The highest BCUT2D eigenvalue weighted by Gasteiger charge is 2.53. The van der Waals surface area contributed by atoms with Crippen LogP contribution in [0.25, 0.3) is 0 Å². The van der Waals surface area contributed by atoms with E-state index in [4.69, 9.17) is 9.52 Å². The summed E-state index contributed by atoms with van der Waals surface area (Å²) in [5.41, 5.74) is -1.08. The Balaban J connectivity index is 2.37. The van der Waals surface area contributed by atoms with Crippen LogP contribution < -0.4 is 0 Å². The Kier molecular flexibility index (Phi) is 1.52. The van der Waals surface area contributed by atoms with Gasteiger partial charge in [-0.3, -0.25) is 9.59 Å². The fourth-order valence-corrected chi connectivity index (χ4v) is 1.60. The standard InChI is InChI=1S/C9H8O4/c10-6-4-9(5-6,8(11)12)7-2-1-3-13-7/h1-3H,4-5H2,(H,11,12). The van der Waals surface area contributed by atoms with Crippen molar-refractivity contribution in [3.05, 3.63) is 24.2 Å². The van der Waals surface area contributed by atoms with Crippen molar-refractivity contribution in [1.29, 1.82) is 0 Å². The molecule has 0 amide bonds. The Morgan fingerprint density at radius 3 is 2.62 bits per heavy atom. The SMILES string of the molecule is O=C1CC(C(=O)O)(c2ccco2)C1. The summed E-state index contributed by atoms with van der Waals surface area (Å²) in [6, 6.07) is 3.23. The average molecular weight is 180 g/mol. The van der Waals surface area contributed by atoms with Crippen molar-refractivity contribution in [2.45, 2.75) is 18.3 Å². The van der Waals surface area contributed by atoms with Gasteiger partial charge < -0.3 is 9.52 Å². The number of ketones is 1. The first-order valence-electron chi connectivity index (χ1n) is 3.94. The summed E-state index contributed by atoms with van der Waals surface area (Å²) < 4.78 is 5.02. The fourth-order valence-electron chi connectivity index (χ4n) is 1.60. The minimum absolute atomic E-state index is 0.0289. The molecule has 1 heterocycles. The third-order valence-electron chi connectivity index (χ3n) is 2.40. The molecule has 0 bridgehead atoms. The van der Waals surface area contributed by atoms with E-state index in [-0.39, 0.29) is 18.6 Å². The van der Waals surface area contributed by atoms with Crippen molar-refractivity contribution >= 4 is 11.8 Å². The molecule has 0 saturated heterocycles. The van der Waals surface area contributed by atoms with Gasteiger partial charge in [-0.1, -0.05) is 0 Å². The maximum atomic E-state index is 10.9. The number of rotatable bonds is 2. The van der Waals surface area contributed by atoms with E-state index in [2.05, 4.69) is 0 Å². The van der Waals surface area contributed by atoms with Gasteiger partial charge in [0.2, 0.25) is 0 Å². The second kappa shape index (κ2) is 2.45. The van der Waals surface area contributed by atoms with E-state index in [1.165, 1.54) is 6.26 Å². The number of hydrogen-bond donors (Lipinski definition) is 1. The van der Waals surface area contributed by atoms with Crippen LogP contribution in [0.1, 0.15) is 18.6 Å². The molecule has 1 N–H and O–H groups in total. The Morgan fingerprint density at radius 1 is 1.54 bits per heavy atom. The molecule has 1 aliphatic carbocycles. The van der Waals surface area contributed by atoms with Gasteiger partial charge in [0, 0.05) is 12.8 Å². The maximum absolute atomic E-state index is 10.9. The Hall–Kier alpha value is -1.58. The zero-order chi connectivity index (χ0) is 9.47. The normalized spacial score (nSPS) is 19.5. The van der Waals surface area contributed by atoms with Gasteiger partial charge in [0.15, 0.2) is 0 Å². The highest BCUT2D eigenvalue weighted by molar-refractivity contribution is 6.00. The van der Waals surface area contributed by atoms with Crippen molar-refractivity contribution in [2.75, 3.05) is 0 Å². The molecule has 0 unspecified atom stereocenters. The number of furan rings is 1. The summed E-state index contributed by atoms with van der Waals surface area (Å²) in [6.45, 7) is 0. The minimum atomic E-state index is -1.08. The summed E-state index contributed by atoms with van der Waals surface area (Å²) in [6.07, 6.45) is 1.52. The van der Waals surface area contributed by atoms with Crippen molar-refractivity contribution in [3.8, 4) is 0 Å². The lowest BCUT2D eigenvalue weighted by Gasteiger charge is -2.33. The minimum Gasteiger partial charge on any atom is -0.480 e. The lowest BCUT2D eigenvalue weighted by molar-refractivity contribution is -0.154. The van der Waals surface area contributed by atoms with E-state index in [0.717, 1.165) is 0 Å². The lowest BCUT2D eigenvalue weighted by Crippen LogP contribution is -2.48. The number of carboxylic acid groups (broad SMARTS) is 1. The fraction of sp³-hybridized carbons (Fsp3) is 0.333. The van der Waals surface area contributed by atoms with Crippen LogP contribution in [-0.4, -0.2) is 16.9 Å². The number of Topliss-reactive ketones (excluding diaryl/α,β-unsaturated/α-hetero) is 1. The lowest BCUT2D eigenvalue weighted by atomic mass is 9.66. The van der Waals surface area contributed by atoms with Gasteiger partial charge in [-0.25, -0.2) is 0 Å². The van der Waals surface area contributed by atoms with Crippen LogP contribution in [0.4, 0.5) is 0 Å². The topological polar surface area (TPSA) is 67.5 Å². The molecule has 0 atom stereocenters. The van der Waals surface area contributed by atoms with E-state index in [9.17, 15) is 9.59 Å². The van der Waals surface area contributed by atoms with Crippen molar-refractivity contribution in [2.24, 2.45) is 0 Å². The second-order valence-corrected chi connectivity index (χ2v) is 3.26. The van der Waals surface area contributed by atoms with Crippen LogP contribution in [0.5, 0.6) is 0 Å². The molecule has 1 saturated carbocycles. The van der Waals surface area contributed by atoms with Gasteiger partial charge in [-0.2, -0.15) is 0 Å². The number of carbonyl (C=O) groups is 2. The first-order chi connectivity index (χ1) is 6.15. The van der Waals surface area contributed by atoms with Crippen molar-refractivity contribution < 1.29 is 19.1 Å². The number of carbonyl (C=O) groups excluding carboxylic acids is 1. The first kappa shape index (κ1) is 8.04. The Morgan fingerprint density at radius 2 is 2.23 bits per heavy atom. The summed E-state index contributed by atoms with van der Waals surface area (Å²) in [7, 11) is 0. The highest BCUT2D eigenvalue weighted by atomic mass is 16.4. The van der Waals surface area contributed by atoms with Crippen LogP contribution in [0.2, 0.25) is 0 Å². The maximum Gasteiger partial charge on any atom is 0.318 e. The third kappa shape index (κ3) is 0.983. The zero-order valence-electron chi connectivity index (χ0n) is 6.82. The molecule has 0 spiro atoms. The molecule has 68 valence electrons. The molecule has 4 nitrogen and oxygen atoms in total. The molecule has 1 aromatic heterocycles. The molecule has 4 heteroatoms. The Bertz CT molecular complexity index is 342. The van der Waals surface area contributed by atoms with Crippen LogP contribution >= 0.6 is 0 Å². The average Bonchev–Trinajstić information content (AvgIpc) is 2.49. The van der Waals surface area contributed by atoms with Gasteiger partial charge in [0.1, 0.15) is 17.0 Å². The van der Waals surface area contributed by atoms with Crippen LogP contribution in [0.3, 0.4) is 0 Å². The van der Waals surface area contributed by atoms with Crippen molar-refractivity contribution in [1.82, 2.24) is 0 Å². The largest absolute Gasteiger partial charge is 0.480 e. The molecule has 0 aromatic carbocycles. The quantitative estimate of drug-likeness (QED) is 0.736. The van der Waals surface area contributed by atoms with Crippen molar-refractivity contribution in [3.63, 3.8) is 0 Å². The van der Waals surface area contributed by atoms with Gasteiger partial charge in [-0.15, -0.1) is 0 Å². The highest BCUT2D eigenvalue weighted by Crippen LogP contribution is 2.41. The van der Waals surface area contributed by atoms with E-state index in [1.54, 1.807) is 12.1 Å². The molecular formula is C9H8O4. The number of carboxylic acids is 1. The first-order valence-corrected chi connectivity index (χ1v) is 3.94. The van der Waals surface area contributed by atoms with E-state index in [0.29, 0.717) is 5.76 Å². The number of hydrogen-bond acceptors (Lipinski definition) is 3. The second-order valence-electron chi connectivity index (χ2n) is 3.26. The summed E-state index contributed by atoms with van der Waals surface area (Å²) in [4.78, 5) is 21.7. The van der Waals surface area contributed by atoms with Crippen LogP contribution in [0.15, 0.2) is 22.8 Å². The summed E-state index contributed by atoms with van der Waals surface area (Å²) >= 11 is 0. The predicted octanol–water partition coefficient (Wildman–Crippen LogP) is 0.965.